The zero-order valence-corrected chi connectivity index (χ0v) is 5.13. The molecule has 0 radical (unpaired) electrons. The van der Waals surface area contributed by atoms with E-state index in [1.165, 1.54) is 0 Å². The number of aliphatic carboxylic acids is 2. The molecule has 0 atom stereocenters. The number of carboxylic acids is 2. The van der Waals surface area contributed by atoms with Crippen LogP contribution < -0.4 is 18.9 Å². The van der Waals surface area contributed by atoms with Crippen LogP contribution in [0.4, 0.5) is 0 Å². The summed E-state index contributed by atoms with van der Waals surface area (Å²) in [6, 6.07) is 0. The van der Waals surface area contributed by atoms with E-state index in [9.17, 15) is 9.59 Å². The van der Waals surface area contributed by atoms with E-state index >= 15 is 0 Å². The molecule has 48 valence electrons. The van der Waals surface area contributed by atoms with Gasteiger partial charge in [0.2, 0.25) is 0 Å². The first-order chi connectivity index (χ1) is 3.63. The second kappa shape index (κ2) is 5.67. The Hall–Kier alpha value is -0.463. The summed E-state index contributed by atoms with van der Waals surface area (Å²) in [7, 11) is 0. The number of carbonyl (C=O) groups is 2. The first-order valence-electron chi connectivity index (χ1n) is 2.06. The molecule has 0 aliphatic heterocycles. The average molecular weight is 126 g/mol. The van der Waals surface area contributed by atoms with Crippen molar-refractivity contribution in [2.75, 3.05) is 0 Å². The number of hydrogen-bond donors (Lipinski definition) is 2. The Morgan fingerprint density at radius 1 is 1.11 bits per heavy atom. The first-order valence-corrected chi connectivity index (χ1v) is 2.06. The van der Waals surface area contributed by atoms with Gasteiger partial charge >= 0.3 is 30.8 Å². The molecular formula is C4H7LiO4. The fourth-order valence-corrected chi connectivity index (χ4v) is 0.214. The molecule has 0 aliphatic rings. The fraction of sp³-hybridized carbons (Fsp3) is 0.500. The van der Waals surface area contributed by atoms with Crippen LogP contribution in [0, 0.1) is 0 Å². The van der Waals surface area contributed by atoms with Crippen LogP contribution in [0.3, 0.4) is 0 Å². The summed E-state index contributed by atoms with van der Waals surface area (Å²) in [5.74, 6) is -2.15. The van der Waals surface area contributed by atoms with E-state index in [0.717, 1.165) is 0 Å². The molecule has 0 amide bonds. The van der Waals surface area contributed by atoms with Crippen LogP contribution in [0.25, 0.3) is 0 Å². The third-order valence-electron chi connectivity index (χ3n) is 0.553. The molecular weight excluding hydrogens is 119 g/mol. The maximum absolute atomic E-state index is 9.64. The number of hydrogen-bond acceptors (Lipinski definition) is 2. The molecule has 0 aliphatic carbocycles. The first kappa shape index (κ1) is 11.3. The van der Waals surface area contributed by atoms with Gasteiger partial charge in [-0.25, -0.2) is 0 Å². The molecule has 0 aromatic rings. The predicted molar refractivity (Wildman–Crippen MR) is 25.6 cm³/mol. The van der Waals surface area contributed by atoms with Crippen molar-refractivity contribution in [2.24, 2.45) is 0 Å². The van der Waals surface area contributed by atoms with Crippen LogP contribution in [0.5, 0.6) is 0 Å². The van der Waals surface area contributed by atoms with Gasteiger partial charge in [-0.15, -0.1) is 0 Å². The van der Waals surface area contributed by atoms with Crippen LogP contribution in [0.15, 0.2) is 0 Å². The van der Waals surface area contributed by atoms with Crippen LogP contribution in [0.2, 0.25) is 0 Å². The van der Waals surface area contributed by atoms with Gasteiger partial charge in [-0.05, 0) is 0 Å². The topological polar surface area (TPSA) is 74.6 Å². The van der Waals surface area contributed by atoms with E-state index in [1.54, 1.807) is 0 Å². The second-order valence-electron chi connectivity index (χ2n) is 1.29. The zero-order valence-electron chi connectivity index (χ0n) is 6.13. The Bertz CT molecular complexity index is 102. The van der Waals surface area contributed by atoms with Gasteiger partial charge in [-0.3, -0.25) is 9.59 Å². The van der Waals surface area contributed by atoms with Crippen molar-refractivity contribution in [3.8, 4) is 0 Å². The van der Waals surface area contributed by atoms with E-state index in [0.29, 0.717) is 0 Å². The van der Waals surface area contributed by atoms with Crippen molar-refractivity contribution >= 4 is 11.9 Å². The Morgan fingerprint density at radius 2 is 1.33 bits per heavy atom. The van der Waals surface area contributed by atoms with Gasteiger partial charge in [-0.1, -0.05) is 0 Å². The Morgan fingerprint density at radius 3 is 1.44 bits per heavy atom. The maximum Gasteiger partial charge on any atom is 1.00 e. The molecule has 0 saturated heterocycles. The van der Waals surface area contributed by atoms with Crippen molar-refractivity contribution in [2.45, 2.75) is 12.8 Å². The second-order valence-corrected chi connectivity index (χ2v) is 1.29. The summed E-state index contributed by atoms with van der Waals surface area (Å²) in [5, 5.41) is 15.8. The van der Waals surface area contributed by atoms with Crippen LogP contribution >= 0.6 is 0 Å². The molecule has 0 heterocycles. The molecule has 4 nitrogen and oxygen atoms in total. The van der Waals surface area contributed by atoms with Gasteiger partial charge in [0.25, 0.3) is 0 Å². The van der Waals surface area contributed by atoms with Gasteiger partial charge < -0.3 is 11.6 Å². The summed E-state index contributed by atoms with van der Waals surface area (Å²) in [6.45, 7) is 0. The summed E-state index contributed by atoms with van der Waals surface area (Å²) in [6.07, 6.45) is -0.593. The summed E-state index contributed by atoms with van der Waals surface area (Å²) < 4.78 is 0. The molecule has 0 fully saturated rings. The van der Waals surface area contributed by atoms with Gasteiger partial charge in [0.15, 0.2) is 0 Å². The summed E-state index contributed by atoms with van der Waals surface area (Å²) in [4.78, 5) is 19.3. The SMILES string of the molecule is O=C(O)CCC(=O)O.[H-].[Li+]. The van der Waals surface area contributed by atoms with Crippen LogP contribution in [0.1, 0.15) is 14.3 Å². The Kier molecular flexibility index (Phi) is 7.15. The smallest absolute Gasteiger partial charge is 1.00 e. The fourth-order valence-electron chi connectivity index (χ4n) is 0.214. The normalized spacial score (nSPS) is 7.56. The third-order valence-corrected chi connectivity index (χ3v) is 0.553. The quantitative estimate of drug-likeness (QED) is 0.396. The molecule has 2 N–H and O–H groups in total. The van der Waals surface area contributed by atoms with Crippen molar-refractivity contribution in [3.05, 3.63) is 0 Å². The Balaban J connectivity index is -0.000000245. The monoisotopic (exact) mass is 126 g/mol. The van der Waals surface area contributed by atoms with Gasteiger partial charge in [0.05, 0.1) is 12.8 Å². The maximum atomic E-state index is 9.64. The van der Waals surface area contributed by atoms with E-state index in [1.807, 2.05) is 0 Å². The molecule has 0 bridgehead atoms. The molecule has 0 saturated carbocycles. The molecule has 0 rings (SSSR count). The van der Waals surface area contributed by atoms with Crippen molar-refractivity contribution in [1.29, 1.82) is 0 Å². The third kappa shape index (κ3) is 11.2. The van der Waals surface area contributed by atoms with Crippen molar-refractivity contribution < 1.29 is 40.1 Å². The molecule has 0 aromatic heterocycles. The number of rotatable bonds is 3. The average Bonchev–Trinajstić information content (AvgIpc) is 1.61. The molecule has 0 aromatic carbocycles. The van der Waals surface area contributed by atoms with Crippen LogP contribution in [-0.2, 0) is 9.59 Å². The minimum absolute atomic E-state index is 0. The van der Waals surface area contributed by atoms with E-state index in [-0.39, 0.29) is 33.1 Å². The molecule has 0 unspecified atom stereocenters. The summed E-state index contributed by atoms with van der Waals surface area (Å²) in [5.41, 5.74) is 0. The standard InChI is InChI=1S/C4H6O4.Li.H/c5-3(6)1-2-4(7)8;;/h1-2H2,(H,5,6)(H,7,8);;/q;+1;-1. The van der Waals surface area contributed by atoms with E-state index in [2.05, 4.69) is 0 Å². The molecule has 0 spiro atoms. The minimum Gasteiger partial charge on any atom is -1.00 e. The molecule has 5 heteroatoms. The van der Waals surface area contributed by atoms with Crippen molar-refractivity contribution in [1.82, 2.24) is 0 Å². The molecule has 9 heavy (non-hydrogen) atoms. The largest absolute Gasteiger partial charge is 1.00 e. The van der Waals surface area contributed by atoms with Gasteiger partial charge in [-0.2, -0.15) is 0 Å². The zero-order chi connectivity index (χ0) is 6.57. The predicted octanol–water partition coefficient (Wildman–Crippen LogP) is -2.95. The minimum atomic E-state index is -1.08. The number of carboxylic acid groups (broad SMARTS) is 2. The van der Waals surface area contributed by atoms with E-state index < -0.39 is 11.9 Å². The van der Waals surface area contributed by atoms with E-state index in [4.69, 9.17) is 10.2 Å². The van der Waals surface area contributed by atoms with Gasteiger partial charge in [0.1, 0.15) is 0 Å². The Labute approximate surface area is 65.5 Å². The van der Waals surface area contributed by atoms with Gasteiger partial charge in [0, 0.05) is 0 Å². The van der Waals surface area contributed by atoms with Crippen LogP contribution in [-0.4, -0.2) is 22.2 Å². The summed E-state index contributed by atoms with van der Waals surface area (Å²) >= 11 is 0. The van der Waals surface area contributed by atoms with Crippen molar-refractivity contribution in [3.63, 3.8) is 0 Å².